The highest BCUT2D eigenvalue weighted by Crippen LogP contribution is 2.25. The Hall–Kier alpha value is -3.53. The quantitative estimate of drug-likeness (QED) is 0.437. The van der Waals surface area contributed by atoms with E-state index in [1.807, 2.05) is 56.3 Å². The molecule has 0 amide bonds. The summed E-state index contributed by atoms with van der Waals surface area (Å²) in [5.41, 5.74) is 4.36. The van der Waals surface area contributed by atoms with Gasteiger partial charge in [0.1, 0.15) is 23.9 Å². The molecule has 0 aliphatic heterocycles. The predicted octanol–water partition coefficient (Wildman–Crippen LogP) is 5.36. The molecule has 3 aromatic rings. The van der Waals surface area contributed by atoms with Crippen LogP contribution in [0.3, 0.4) is 0 Å². The summed E-state index contributed by atoms with van der Waals surface area (Å²) in [5.74, 6) is 1.51. The average molecular weight is 388 g/mol. The minimum Gasteiger partial charge on any atom is -0.508 e. The molecule has 0 saturated carbocycles. The molecule has 0 heterocycles. The van der Waals surface area contributed by atoms with Crippen molar-refractivity contribution in [3.05, 3.63) is 95.1 Å². The number of benzene rings is 3. The third-order valence-corrected chi connectivity index (χ3v) is 4.86. The van der Waals surface area contributed by atoms with E-state index in [0.717, 1.165) is 33.8 Å². The molecule has 0 unspecified atom stereocenters. The molecule has 0 saturated heterocycles. The van der Waals surface area contributed by atoms with Crippen molar-refractivity contribution in [2.45, 2.75) is 13.8 Å². The van der Waals surface area contributed by atoms with Gasteiger partial charge in [-0.25, -0.2) is 0 Å². The van der Waals surface area contributed by atoms with Crippen LogP contribution in [-0.4, -0.2) is 24.6 Å². The second-order valence-electron chi connectivity index (χ2n) is 6.80. The molecule has 0 aromatic heterocycles. The summed E-state index contributed by atoms with van der Waals surface area (Å²) < 4.78 is 11.3. The van der Waals surface area contributed by atoms with Crippen LogP contribution in [0.1, 0.15) is 27.0 Å². The molecule has 3 aromatic carbocycles. The van der Waals surface area contributed by atoms with E-state index in [9.17, 15) is 9.90 Å². The lowest BCUT2D eigenvalue weighted by molar-refractivity contribution is 0.104. The third kappa shape index (κ3) is 5.05. The molecule has 29 heavy (non-hydrogen) atoms. The monoisotopic (exact) mass is 388 g/mol. The minimum absolute atomic E-state index is 0.124. The van der Waals surface area contributed by atoms with Crippen LogP contribution in [-0.2, 0) is 0 Å². The molecule has 0 atom stereocenters. The average Bonchev–Trinajstić information content (AvgIpc) is 2.74. The molecule has 0 bridgehead atoms. The van der Waals surface area contributed by atoms with Crippen LogP contribution in [0.4, 0.5) is 0 Å². The van der Waals surface area contributed by atoms with Crippen LogP contribution in [0.2, 0.25) is 0 Å². The normalized spacial score (nSPS) is 11.2. The molecular formula is C25H24O4. The molecule has 0 spiro atoms. The molecule has 148 valence electrons. The maximum absolute atomic E-state index is 12.8. The summed E-state index contributed by atoms with van der Waals surface area (Å²) in [6.07, 6.45) is 1.58. The fraction of sp³-hybridized carbons (Fsp3) is 0.160. The second-order valence-corrected chi connectivity index (χ2v) is 6.80. The van der Waals surface area contributed by atoms with E-state index in [2.05, 4.69) is 0 Å². The molecule has 0 fully saturated rings. The zero-order valence-corrected chi connectivity index (χ0v) is 16.8. The molecule has 1 N–H and O–H groups in total. The highest BCUT2D eigenvalue weighted by atomic mass is 16.5. The van der Waals surface area contributed by atoms with E-state index >= 15 is 0 Å². The first kappa shape index (κ1) is 20.2. The molecule has 4 nitrogen and oxygen atoms in total. The van der Waals surface area contributed by atoms with Crippen molar-refractivity contribution in [1.82, 2.24) is 0 Å². The first-order valence-corrected chi connectivity index (χ1v) is 9.35. The van der Waals surface area contributed by atoms with Gasteiger partial charge in [-0.05, 0) is 79.1 Å². The Kier molecular flexibility index (Phi) is 6.35. The van der Waals surface area contributed by atoms with Gasteiger partial charge in [-0.15, -0.1) is 0 Å². The Morgan fingerprint density at radius 3 is 2.24 bits per heavy atom. The van der Waals surface area contributed by atoms with Crippen molar-refractivity contribution in [1.29, 1.82) is 0 Å². The summed E-state index contributed by atoms with van der Waals surface area (Å²) in [7, 11) is 1.61. The standard InChI is InChI=1S/C25H24O4/c1-17-5-4-6-25(18(17)2)29-16-21(19-9-13-23(28-3)14-10-19)15-24(27)20-7-11-22(26)12-8-20/h4-15,26H,16H2,1-3H3/b21-15-. The van der Waals surface area contributed by atoms with E-state index in [-0.39, 0.29) is 18.1 Å². The number of hydrogen-bond acceptors (Lipinski definition) is 4. The number of rotatable bonds is 7. The number of allylic oxidation sites excluding steroid dienone is 1. The fourth-order valence-corrected chi connectivity index (χ4v) is 2.92. The van der Waals surface area contributed by atoms with E-state index in [0.29, 0.717) is 5.56 Å². The summed E-state index contributed by atoms with van der Waals surface area (Å²) in [6.45, 7) is 4.31. The highest BCUT2D eigenvalue weighted by Gasteiger charge is 2.10. The Morgan fingerprint density at radius 2 is 1.59 bits per heavy atom. The Bertz CT molecular complexity index is 1020. The van der Waals surface area contributed by atoms with Gasteiger partial charge in [0.05, 0.1) is 7.11 Å². The Balaban J connectivity index is 1.91. The van der Waals surface area contributed by atoms with Crippen LogP contribution in [0.5, 0.6) is 17.2 Å². The zero-order valence-electron chi connectivity index (χ0n) is 16.8. The predicted molar refractivity (Wildman–Crippen MR) is 115 cm³/mol. The van der Waals surface area contributed by atoms with Gasteiger partial charge in [-0.1, -0.05) is 24.3 Å². The van der Waals surface area contributed by atoms with Gasteiger partial charge < -0.3 is 14.6 Å². The van der Waals surface area contributed by atoms with Crippen molar-refractivity contribution in [2.24, 2.45) is 0 Å². The first-order chi connectivity index (χ1) is 14.0. The first-order valence-electron chi connectivity index (χ1n) is 9.35. The maximum Gasteiger partial charge on any atom is 0.186 e. The fourth-order valence-electron chi connectivity index (χ4n) is 2.92. The zero-order chi connectivity index (χ0) is 20.8. The van der Waals surface area contributed by atoms with Gasteiger partial charge >= 0.3 is 0 Å². The van der Waals surface area contributed by atoms with Gasteiger partial charge in [0.25, 0.3) is 0 Å². The molecule has 4 heteroatoms. The van der Waals surface area contributed by atoms with Gasteiger partial charge in [0, 0.05) is 11.1 Å². The smallest absolute Gasteiger partial charge is 0.186 e. The number of aryl methyl sites for hydroxylation is 1. The molecular weight excluding hydrogens is 364 g/mol. The van der Waals surface area contributed by atoms with E-state index < -0.39 is 0 Å². The number of hydrogen-bond donors (Lipinski definition) is 1. The van der Waals surface area contributed by atoms with Crippen molar-refractivity contribution in [3.63, 3.8) is 0 Å². The van der Waals surface area contributed by atoms with Gasteiger partial charge in [0.2, 0.25) is 0 Å². The number of aromatic hydroxyl groups is 1. The van der Waals surface area contributed by atoms with Crippen LogP contribution in [0.15, 0.2) is 72.8 Å². The van der Waals surface area contributed by atoms with Crippen molar-refractivity contribution < 1.29 is 19.4 Å². The molecule has 0 radical (unpaired) electrons. The number of phenolic OH excluding ortho intramolecular Hbond substituents is 1. The SMILES string of the molecule is COc1ccc(/C(=C\C(=O)c2ccc(O)cc2)COc2cccc(C)c2C)cc1. The Labute approximate surface area is 171 Å². The van der Waals surface area contributed by atoms with E-state index in [1.165, 1.54) is 12.1 Å². The topological polar surface area (TPSA) is 55.8 Å². The lowest BCUT2D eigenvalue weighted by Gasteiger charge is -2.14. The lowest BCUT2D eigenvalue weighted by atomic mass is 10.0. The Morgan fingerprint density at radius 1 is 0.931 bits per heavy atom. The molecule has 3 rings (SSSR count). The van der Waals surface area contributed by atoms with Gasteiger partial charge in [0.15, 0.2) is 5.78 Å². The summed E-state index contributed by atoms with van der Waals surface area (Å²) in [4.78, 5) is 12.8. The van der Waals surface area contributed by atoms with Crippen molar-refractivity contribution in [3.8, 4) is 17.2 Å². The summed E-state index contributed by atoms with van der Waals surface area (Å²) >= 11 is 0. The molecule has 0 aliphatic rings. The van der Waals surface area contributed by atoms with Gasteiger partial charge in [-0.2, -0.15) is 0 Å². The number of ketones is 1. The van der Waals surface area contributed by atoms with Crippen LogP contribution < -0.4 is 9.47 Å². The minimum atomic E-state index is -0.152. The van der Waals surface area contributed by atoms with E-state index in [4.69, 9.17) is 9.47 Å². The van der Waals surface area contributed by atoms with Crippen LogP contribution in [0, 0.1) is 13.8 Å². The van der Waals surface area contributed by atoms with Crippen LogP contribution >= 0.6 is 0 Å². The van der Waals surface area contributed by atoms with Gasteiger partial charge in [-0.3, -0.25) is 4.79 Å². The summed E-state index contributed by atoms with van der Waals surface area (Å²) in [6, 6.07) is 19.6. The number of ether oxygens (including phenoxy) is 2. The number of methoxy groups -OCH3 is 1. The van der Waals surface area contributed by atoms with Crippen molar-refractivity contribution in [2.75, 3.05) is 13.7 Å². The number of carbonyl (C=O) groups is 1. The highest BCUT2D eigenvalue weighted by molar-refractivity contribution is 6.08. The molecule has 0 aliphatic carbocycles. The summed E-state index contributed by atoms with van der Waals surface area (Å²) in [5, 5.41) is 9.45. The number of phenols is 1. The maximum atomic E-state index is 12.8. The largest absolute Gasteiger partial charge is 0.508 e. The number of carbonyl (C=O) groups excluding carboxylic acids is 1. The van der Waals surface area contributed by atoms with Crippen molar-refractivity contribution >= 4 is 11.4 Å². The third-order valence-electron chi connectivity index (χ3n) is 4.86. The lowest BCUT2D eigenvalue weighted by Crippen LogP contribution is -2.05. The second kappa shape index (κ2) is 9.11. The van der Waals surface area contributed by atoms with Crippen LogP contribution in [0.25, 0.3) is 5.57 Å². The van der Waals surface area contributed by atoms with E-state index in [1.54, 1.807) is 25.3 Å².